The van der Waals surface area contributed by atoms with E-state index in [-0.39, 0.29) is 0 Å². The Balaban J connectivity index is 1.83. The summed E-state index contributed by atoms with van der Waals surface area (Å²) in [6.07, 6.45) is 13.8. The second kappa shape index (κ2) is 9.03. The molecule has 0 fully saturated rings. The highest BCUT2D eigenvalue weighted by molar-refractivity contribution is 5.44. The van der Waals surface area contributed by atoms with E-state index < -0.39 is 0 Å². The van der Waals surface area contributed by atoms with Crippen molar-refractivity contribution in [2.45, 2.75) is 45.4 Å². The summed E-state index contributed by atoms with van der Waals surface area (Å²) in [6.45, 7) is 2.24. The van der Waals surface area contributed by atoms with Gasteiger partial charge in [-0.15, -0.1) is 5.10 Å². The molecule has 4 nitrogen and oxygen atoms in total. The number of methoxy groups -OCH3 is 1. The molecule has 0 amide bonds. The molecule has 0 bridgehead atoms. The Morgan fingerprint density at radius 1 is 1.09 bits per heavy atom. The monoisotopic (exact) mass is 299 g/mol. The number of hydrogen-bond acceptors (Lipinski definition) is 3. The molecule has 0 saturated carbocycles. The van der Waals surface area contributed by atoms with E-state index in [1.807, 2.05) is 36.5 Å². The molecule has 22 heavy (non-hydrogen) atoms. The van der Waals surface area contributed by atoms with Crippen molar-refractivity contribution in [1.29, 1.82) is 0 Å². The predicted molar refractivity (Wildman–Crippen MR) is 90.3 cm³/mol. The Morgan fingerprint density at radius 2 is 1.86 bits per heavy atom. The van der Waals surface area contributed by atoms with Gasteiger partial charge in [0.15, 0.2) is 0 Å². The van der Waals surface area contributed by atoms with Crippen molar-refractivity contribution in [3.05, 3.63) is 42.2 Å². The van der Waals surface area contributed by atoms with Crippen LogP contribution in [-0.4, -0.2) is 22.1 Å². The van der Waals surface area contributed by atoms with Gasteiger partial charge in [0.05, 0.1) is 19.0 Å². The quantitative estimate of drug-likeness (QED) is 0.633. The minimum atomic E-state index is 0.840. The molecule has 2 rings (SSSR count). The van der Waals surface area contributed by atoms with Gasteiger partial charge in [-0.1, -0.05) is 43.9 Å². The van der Waals surface area contributed by atoms with Crippen LogP contribution in [0.25, 0.3) is 11.8 Å². The maximum Gasteiger partial charge on any atom is 0.119 e. The highest BCUT2D eigenvalue weighted by atomic mass is 16.5. The second-order valence-electron chi connectivity index (χ2n) is 5.39. The smallest absolute Gasteiger partial charge is 0.119 e. The molecule has 0 aliphatic heterocycles. The third-order valence-corrected chi connectivity index (χ3v) is 3.61. The number of hydrogen-bond donors (Lipinski definition) is 0. The van der Waals surface area contributed by atoms with Gasteiger partial charge in [-0.25, -0.2) is 4.68 Å². The summed E-state index contributed by atoms with van der Waals surface area (Å²) in [4.78, 5) is 0. The van der Waals surface area contributed by atoms with E-state index >= 15 is 0 Å². The topological polar surface area (TPSA) is 39.9 Å². The Labute approximate surface area is 132 Å². The summed E-state index contributed by atoms with van der Waals surface area (Å²) < 4.78 is 6.93. The van der Waals surface area contributed by atoms with E-state index in [0.29, 0.717) is 0 Å². The molecular formula is C18H25N3O. The fourth-order valence-corrected chi connectivity index (χ4v) is 2.28. The first-order valence-electron chi connectivity index (χ1n) is 8.07. The van der Waals surface area contributed by atoms with Gasteiger partial charge in [-0.05, 0) is 43.2 Å². The maximum absolute atomic E-state index is 5.15. The Bertz CT molecular complexity index is 572. The first-order valence-corrected chi connectivity index (χ1v) is 8.07. The van der Waals surface area contributed by atoms with Crippen LogP contribution in [0.2, 0.25) is 0 Å². The van der Waals surface area contributed by atoms with Crippen LogP contribution in [0, 0.1) is 0 Å². The highest BCUT2D eigenvalue weighted by Gasteiger charge is 2.00. The maximum atomic E-state index is 5.15. The van der Waals surface area contributed by atoms with Crippen LogP contribution >= 0.6 is 0 Å². The normalized spacial score (nSPS) is 11.2. The van der Waals surface area contributed by atoms with Gasteiger partial charge in [-0.2, -0.15) is 0 Å². The lowest BCUT2D eigenvalue weighted by molar-refractivity contribution is 0.414. The lowest BCUT2D eigenvalue weighted by Crippen LogP contribution is -1.94. The van der Waals surface area contributed by atoms with Gasteiger partial charge in [0.2, 0.25) is 0 Å². The van der Waals surface area contributed by atoms with Crippen molar-refractivity contribution in [1.82, 2.24) is 15.0 Å². The summed E-state index contributed by atoms with van der Waals surface area (Å²) in [5.74, 6) is 0.840. The molecule has 118 valence electrons. The molecule has 1 aromatic heterocycles. The number of aromatic nitrogens is 3. The van der Waals surface area contributed by atoms with Crippen molar-refractivity contribution in [3.8, 4) is 11.4 Å². The van der Waals surface area contributed by atoms with E-state index in [1.165, 1.54) is 32.1 Å². The summed E-state index contributed by atoms with van der Waals surface area (Å²) in [5.41, 5.74) is 1.87. The molecule has 2 aromatic rings. The lowest BCUT2D eigenvalue weighted by atomic mass is 10.1. The first-order chi connectivity index (χ1) is 10.8. The van der Waals surface area contributed by atoms with Crippen LogP contribution in [0.3, 0.4) is 0 Å². The molecule has 1 heterocycles. The molecule has 1 aromatic carbocycles. The lowest BCUT2D eigenvalue weighted by Gasteiger charge is -2.01. The van der Waals surface area contributed by atoms with Crippen LogP contribution in [0.15, 0.2) is 36.5 Å². The average Bonchev–Trinajstić information content (AvgIpc) is 3.03. The fourth-order valence-electron chi connectivity index (χ4n) is 2.28. The summed E-state index contributed by atoms with van der Waals surface area (Å²) >= 11 is 0. The highest BCUT2D eigenvalue weighted by Crippen LogP contribution is 2.14. The summed E-state index contributed by atoms with van der Waals surface area (Å²) in [6, 6.07) is 7.77. The number of nitrogens with zero attached hydrogens (tertiary/aromatic N) is 3. The van der Waals surface area contributed by atoms with Crippen LogP contribution in [0.4, 0.5) is 0 Å². The zero-order valence-electron chi connectivity index (χ0n) is 13.5. The molecule has 0 spiro atoms. The van der Waals surface area contributed by atoms with Gasteiger partial charge in [0.1, 0.15) is 11.4 Å². The molecule has 0 aliphatic rings. The molecule has 0 radical (unpaired) electrons. The van der Waals surface area contributed by atoms with Gasteiger partial charge in [0.25, 0.3) is 0 Å². The molecule has 0 saturated heterocycles. The van der Waals surface area contributed by atoms with E-state index in [2.05, 4.69) is 23.3 Å². The zero-order chi connectivity index (χ0) is 15.6. The first kappa shape index (κ1) is 16.3. The van der Waals surface area contributed by atoms with E-state index in [0.717, 1.165) is 23.6 Å². The van der Waals surface area contributed by atoms with Crippen molar-refractivity contribution in [2.24, 2.45) is 0 Å². The number of rotatable bonds is 9. The van der Waals surface area contributed by atoms with Crippen molar-refractivity contribution >= 4 is 6.08 Å². The zero-order valence-corrected chi connectivity index (χ0v) is 13.5. The van der Waals surface area contributed by atoms with Gasteiger partial charge in [-0.3, -0.25) is 0 Å². The van der Waals surface area contributed by atoms with Crippen molar-refractivity contribution < 1.29 is 4.74 Å². The number of benzene rings is 1. The standard InChI is InChI=1S/C18H25N3O/c1-3-4-5-6-7-8-9-10-16-15-21(20-19-16)17-11-13-18(22-2)14-12-17/h9-15H,3-8H2,1-2H3/b10-9+. The summed E-state index contributed by atoms with van der Waals surface area (Å²) in [7, 11) is 1.66. The average molecular weight is 299 g/mol. The Morgan fingerprint density at radius 3 is 2.59 bits per heavy atom. The van der Waals surface area contributed by atoms with Gasteiger partial charge in [0, 0.05) is 0 Å². The fraction of sp³-hybridized carbons (Fsp3) is 0.444. The van der Waals surface area contributed by atoms with Crippen LogP contribution < -0.4 is 4.74 Å². The Kier molecular flexibility index (Phi) is 6.68. The van der Waals surface area contributed by atoms with Crippen molar-refractivity contribution in [3.63, 3.8) is 0 Å². The molecular weight excluding hydrogens is 274 g/mol. The van der Waals surface area contributed by atoms with E-state index in [9.17, 15) is 0 Å². The molecule has 0 atom stereocenters. The minimum absolute atomic E-state index is 0.840. The number of ether oxygens (including phenoxy) is 1. The van der Waals surface area contributed by atoms with E-state index in [1.54, 1.807) is 11.8 Å². The van der Waals surface area contributed by atoms with Gasteiger partial charge >= 0.3 is 0 Å². The number of allylic oxidation sites excluding steroid dienone is 1. The Hall–Kier alpha value is -2.10. The van der Waals surface area contributed by atoms with Crippen LogP contribution in [0.5, 0.6) is 5.75 Å². The third kappa shape index (κ3) is 5.02. The van der Waals surface area contributed by atoms with Crippen molar-refractivity contribution in [2.75, 3.05) is 7.11 Å². The van der Waals surface area contributed by atoms with Gasteiger partial charge < -0.3 is 4.74 Å². The molecule has 0 aliphatic carbocycles. The molecule has 0 unspecified atom stereocenters. The number of unbranched alkanes of at least 4 members (excludes halogenated alkanes) is 5. The molecule has 4 heteroatoms. The summed E-state index contributed by atoms with van der Waals surface area (Å²) in [5, 5.41) is 8.33. The largest absolute Gasteiger partial charge is 0.497 e. The van der Waals surface area contributed by atoms with E-state index in [4.69, 9.17) is 4.74 Å². The second-order valence-corrected chi connectivity index (χ2v) is 5.39. The SMILES string of the molecule is CCCCCCC/C=C/c1cn(-c2ccc(OC)cc2)nn1. The molecule has 0 N–H and O–H groups in total. The predicted octanol–water partition coefficient (Wildman–Crippen LogP) is 4.65. The third-order valence-electron chi connectivity index (χ3n) is 3.61. The van der Waals surface area contributed by atoms with Crippen LogP contribution in [-0.2, 0) is 0 Å². The minimum Gasteiger partial charge on any atom is -0.497 e. The van der Waals surface area contributed by atoms with Crippen LogP contribution in [0.1, 0.15) is 51.1 Å².